The molecule has 2 heterocycles. The van der Waals surface area contributed by atoms with Crippen molar-refractivity contribution in [1.82, 2.24) is 9.80 Å². The van der Waals surface area contributed by atoms with E-state index in [4.69, 9.17) is 11.6 Å². The molecule has 0 aromatic heterocycles. The Labute approximate surface area is 187 Å². The van der Waals surface area contributed by atoms with E-state index in [1.54, 1.807) is 24.3 Å². The lowest BCUT2D eigenvalue weighted by molar-refractivity contribution is -0.120. The summed E-state index contributed by atoms with van der Waals surface area (Å²) < 4.78 is 0. The third-order valence-corrected chi connectivity index (χ3v) is 7.11. The normalized spacial score (nSPS) is 19.9. The molecule has 1 atom stereocenters. The van der Waals surface area contributed by atoms with Crippen molar-refractivity contribution in [1.29, 1.82) is 0 Å². The summed E-state index contributed by atoms with van der Waals surface area (Å²) in [6, 6.07) is 15.2. The maximum Gasteiger partial charge on any atom is 0.253 e. The number of piperazine rings is 1. The highest BCUT2D eigenvalue weighted by atomic mass is 35.5. The molecule has 0 saturated carbocycles. The average molecular weight is 444 g/mol. The van der Waals surface area contributed by atoms with Crippen LogP contribution in [-0.2, 0) is 4.79 Å². The lowest BCUT2D eigenvalue weighted by Gasteiger charge is -2.35. The highest BCUT2D eigenvalue weighted by Gasteiger charge is 2.28. The minimum absolute atomic E-state index is 0.00376. The number of hydrogen-bond donors (Lipinski definition) is 0. The van der Waals surface area contributed by atoms with Crippen molar-refractivity contribution in [3.05, 3.63) is 59.1 Å². The first-order valence-corrected chi connectivity index (χ1v) is 11.6. The number of rotatable bonds is 3. The highest BCUT2D eigenvalue weighted by Crippen LogP contribution is 2.37. The first-order chi connectivity index (χ1) is 14.5. The van der Waals surface area contributed by atoms with Crippen LogP contribution in [0, 0.1) is 0 Å². The Morgan fingerprint density at radius 2 is 1.80 bits per heavy atom. The molecule has 0 aliphatic carbocycles. The molecule has 2 amide bonds. The Morgan fingerprint density at radius 1 is 1.03 bits per heavy atom. The van der Waals surface area contributed by atoms with E-state index in [1.165, 1.54) is 4.90 Å². The van der Waals surface area contributed by atoms with E-state index in [1.807, 2.05) is 39.8 Å². The summed E-state index contributed by atoms with van der Waals surface area (Å²) in [4.78, 5) is 32.9. The average Bonchev–Trinajstić information content (AvgIpc) is 2.92. The van der Waals surface area contributed by atoms with Crippen LogP contribution in [-0.4, -0.2) is 66.1 Å². The van der Waals surface area contributed by atoms with E-state index in [0.29, 0.717) is 48.6 Å². The van der Waals surface area contributed by atoms with Crippen LogP contribution in [0.2, 0.25) is 5.02 Å². The SMILES string of the molecule is CC1CCN(C(=O)CN2CCN(C(=O)c3cccc(Cl)c3)CC2)c2ccccc2S1. The Kier molecular flexibility index (Phi) is 6.66. The summed E-state index contributed by atoms with van der Waals surface area (Å²) in [5, 5.41) is 1.06. The first kappa shape index (κ1) is 21.2. The topological polar surface area (TPSA) is 43.9 Å². The van der Waals surface area contributed by atoms with E-state index < -0.39 is 0 Å². The van der Waals surface area contributed by atoms with Crippen molar-refractivity contribution in [3.8, 4) is 0 Å². The van der Waals surface area contributed by atoms with Gasteiger partial charge in [0.1, 0.15) is 0 Å². The van der Waals surface area contributed by atoms with Crippen LogP contribution in [0.15, 0.2) is 53.4 Å². The van der Waals surface area contributed by atoms with Gasteiger partial charge in [-0.3, -0.25) is 14.5 Å². The van der Waals surface area contributed by atoms with Crippen LogP contribution >= 0.6 is 23.4 Å². The molecule has 1 saturated heterocycles. The monoisotopic (exact) mass is 443 g/mol. The largest absolute Gasteiger partial charge is 0.336 e. The number of amides is 2. The molecule has 2 aliphatic heterocycles. The van der Waals surface area contributed by atoms with Crippen molar-refractivity contribution in [2.24, 2.45) is 0 Å². The molecule has 0 radical (unpaired) electrons. The summed E-state index contributed by atoms with van der Waals surface area (Å²) >= 11 is 7.86. The van der Waals surface area contributed by atoms with Crippen LogP contribution in [0.25, 0.3) is 0 Å². The molecule has 1 fully saturated rings. The third-order valence-electron chi connectivity index (χ3n) is 5.63. The molecule has 2 aromatic rings. The summed E-state index contributed by atoms with van der Waals surface area (Å²) in [7, 11) is 0. The quantitative estimate of drug-likeness (QED) is 0.718. The maximum absolute atomic E-state index is 13.1. The van der Waals surface area contributed by atoms with E-state index >= 15 is 0 Å². The van der Waals surface area contributed by atoms with Gasteiger partial charge in [-0.25, -0.2) is 0 Å². The Morgan fingerprint density at radius 3 is 2.57 bits per heavy atom. The standard InChI is InChI=1S/C23H26ClN3O2S/c1-17-9-10-27(20-7-2-3-8-21(20)30-17)22(28)16-25-11-13-26(14-12-25)23(29)18-5-4-6-19(24)15-18/h2-8,15,17H,9-14,16H2,1H3. The van der Waals surface area contributed by atoms with Gasteiger partial charge >= 0.3 is 0 Å². The van der Waals surface area contributed by atoms with Crippen LogP contribution in [0.1, 0.15) is 23.7 Å². The molecule has 4 rings (SSSR count). The fourth-order valence-electron chi connectivity index (χ4n) is 3.94. The second-order valence-electron chi connectivity index (χ2n) is 7.81. The minimum atomic E-state index is -0.00376. The Balaban J connectivity index is 1.36. The zero-order valence-electron chi connectivity index (χ0n) is 17.1. The van der Waals surface area contributed by atoms with Gasteiger partial charge in [0.05, 0.1) is 12.2 Å². The molecular formula is C23H26ClN3O2S. The molecular weight excluding hydrogens is 418 g/mol. The second kappa shape index (κ2) is 9.41. The zero-order valence-corrected chi connectivity index (χ0v) is 18.7. The molecule has 158 valence electrons. The number of nitrogens with zero attached hydrogens (tertiary/aromatic N) is 3. The van der Waals surface area contributed by atoms with Gasteiger partial charge in [0, 0.05) is 53.5 Å². The highest BCUT2D eigenvalue weighted by molar-refractivity contribution is 8.00. The lowest BCUT2D eigenvalue weighted by atomic mass is 10.2. The Bertz CT molecular complexity index is 930. The summed E-state index contributed by atoms with van der Waals surface area (Å²) in [5.74, 6) is 0.128. The van der Waals surface area contributed by atoms with Crippen molar-refractivity contribution in [3.63, 3.8) is 0 Å². The van der Waals surface area contributed by atoms with Crippen molar-refractivity contribution >= 4 is 40.9 Å². The number of benzene rings is 2. The van der Waals surface area contributed by atoms with Gasteiger partial charge in [0.25, 0.3) is 5.91 Å². The smallest absolute Gasteiger partial charge is 0.253 e. The van der Waals surface area contributed by atoms with Gasteiger partial charge in [-0.2, -0.15) is 0 Å². The predicted octanol–water partition coefficient (Wildman–Crippen LogP) is 4.02. The van der Waals surface area contributed by atoms with E-state index in [0.717, 1.165) is 18.7 Å². The lowest BCUT2D eigenvalue weighted by Crippen LogP contribution is -2.51. The van der Waals surface area contributed by atoms with Gasteiger partial charge in [-0.15, -0.1) is 11.8 Å². The summed E-state index contributed by atoms with van der Waals surface area (Å²) in [6.07, 6.45) is 0.979. The fraction of sp³-hybridized carbons (Fsp3) is 0.391. The van der Waals surface area contributed by atoms with Gasteiger partial charge in [0.2, 0.25) is 5.91 Å². The molecule has 7 heteroatoms. The molecule has 2 aliphatic rings. The van der Waals surface area contributed by atoms with E-state index in [-0.39, 0.29) is 11.8 Å². The summed E-state index contributed by atoms with van der Waals surface area (Å²) in [6.45, 7) is 5.96. The summed E-state index contributed by atoms with van der Waals surface area (Å²) in [5.41, 5.74) is 1.63. The van der Waals surface area contributed by atoms with Gasteiger partial charge in [0.15, 0.2) is 0 Å². The van der Waals surface area contributed by atoms with Crippen molar-refractivity contribution in [2.45, 2.75) is 23.5 Å². The number of hydrogen-bond acceptors (Lipinski definition) is 4. The van der Waals surface area contributed by atoms with E-state index in [9.17, 15) is 9.59 Å². The first-order valence-electron chi connectivity index (χ1n) is 10.3. The van der Waals surface area contributed by atoms with E-state index in [2.05, 4.69) is 17.9 Å². The number of halogens is 1. The van der Waals surface area contributed by atoms with Crippen molar-refractivity contribution in [2.75, 3.05) is 44.2 Å². The molecule has 0 N–H and O–H groups in total. The maximum atomic E-state index is 13.1. The van der Waals surface area contributed by atoms with Crippen LogP contribution in [0.5, 0.6) is 0 Å². The fourth-order valence-corrected chi connectivity index (χ4v) is 5.24. The number of anilines is 1. The molecule has 0 spiro atoms. The molecule has 1 unspecified atom stereocenters. The number of thioether (sulfide) groups is 1. The number of carbonyl (C=O) groups is 2. The number of para-hydroxylation sites is 1. The van der Waals surface area contributed by atoms with Gasteiger partial charge in [-0.05, 0) is 36.8 Å². The van der Waals surface area contributed by atoms with Crippen LogP contribution in [0.3, 0.4) is 0 Å². The minimum Gasteiger partial charge on any atom is -0.336 e. The molecule has 5 nitrogen and oxygen atoms in total. The molecule has 0 bridgehead atoms. The van der Waals surface area contributed by atoms with Gasteiger partial charge in [-0.1, -0.05) is 36.7 Å². The van der Waals surface area contributed by atoms with Gasteiger partial charge < -0.3 is 9.80 Å². The number of fused-ring (bicyclic) bond motifs is 1. The van der Waals surface area contributed by atoms with Crippen LogP contribution in [0.4, 0.5) is 5.69 Å². The predicted molar refractivity (Wildman–Crippen MR) is 123 cm³/mol. The molecule has 30 heavy (non-hydrogen) atoms. The third kappa shape index (κ3) is 4.82. The zero-order chi connectivity index (χ0) is 21.1. The molecule has 2 aromatic carbocycles. The number of carbonyl (C=O) groups excluding carboxylic acids is 2. The second-order valence-corrected chi connectivity index (χ2v) is 9.73. The Hall–Kier alpha value is -2.02. The van der Waals surface area contributed by atoms with Crippen LogP contribution < -0.4 is 4.90 Å². The van der Waals surface area contributed by atoms with Crippen molar-refractivity contribution < 1.29 is 9.59 Å².